The predicted molar refractivity (Wildman–Crippen MR) is 104 cm³/mol. The first-order valence-corrected chi connectivity index (χ1v) is 9.93. The van der Waals surface area contributed by atoms with Gasteiger partial charge in [-0.25, -0.2) is 15.0 Å². The number of aromatic nitrogens is 3. The highest BCUT2D eigenvalue weighted by Gasteiger charge is 2.13. The van der Waals surface area contributed by atoms with Gasteiger partial charge in [0.1, 0.15) is 6.23 Å². The van der Waals surface area contributed by atoms with Crippen molar-refractivity contribution in [2.45, 2.75) is 36.9 Å². The molecular formula is C17H21N5OS2. The smallest absolute Gasteiger partial charge is 0.190 e. The second kappa shape index (κ2) is 8.57. The quantitative estimate of drug-likeness (QED) is 0.241. The molecule has 0 saturated carbocycles. The average Bonchev–Trinajstić information content (AvgIpc) is 2.98. The van der Waals surface area contributed by atoms with Gasteiger partial charge in [-0.05, 0) is 31.9 Å². The maximum Gasteiger partial charge on any atom is 0.190 e. The summed E-state index contributed by atoms with van der Waals surface area (Å²) in [6.07, 6.45) is 1.16. The zero-order chi connectivity index (χ0) is 17.6. The van der Waals surface area contributed by atoms with Crippen molar-refractivity contribution in [1.82, 2.24) is 20.3 Å². The molecule has 8 heteroatoms. The Morgan fingerprint density at radius 2 is 2.04 bits per heavy atom. The van der Waals surface area contributed by atoms with Crippen molar-refractivity contribution in [3.05, 3.63) is 41.6 Å². The molecule has 25 heavy (non-hydrogen) atoms. The summed E-state index contributed by atoms with van der Waals surface area (Å²) in [6, 6.07) is 10.3. The summed E-state index contributed by atoms with van der Waals surface area (Å²) < 4.78 is 0.957. The Bertz CT molecular complexity index is 823. The van der Waals surface area contributed by atoms with Crippen LogP contribution in [0.5, 0.6) is 0 Å². The minimum atomic E-state index is -0.499. The third kappa shape index (κ3) is 5.12. The Hall–Kier alpha value is -1.74. The van der Waals surface area contributed by atoms with Gasteiger partial charge in [0.15, 0.2) is 15.9 Å². The van der Waals surface area contributed by atoms with E-state index in [-0.39, 0.29) is 0 Å². The Morgan fingerprint density at radius 3 is 2.80 bits per heavy atom. The number of thiazole rings is 1. The van der Waals surface area contributed by atoms with E-state index < -0.39 is 6.23 Å². The molecule has 0 aliphatic rings. The molecular weight excluding hydrogens is 354 g/mol. The Balaban J connectivity index is 1.74. The van der Waals surface area contributed by atoms with Crippen LogP contribution < -0.4 is 11.1 Å². The summed E-state index contributed by atoms with van der Waals surface area (Å²) in [5.74, 6) is 0.814. The number of rotatable bonds is 8. The van der Waals surface area contributed by atoms with Gasteiger partial charge in [-0.3, -0.25) is 5.32 Å². The van der Waals surface area contributed by atoms with Gasteiger partial charge < -0.3 is 10.8 Å². The highest BCUT2D eigenvalue weighted by atomic mass is 32.2. The van der Waals surface area contributed by atoms with Crippen molar-refractivity contribution in [3.8, 4) is 0 Å². The van der Waals surface area contributed by atoms with E-state index in [9.17, 15) is 5.11 Å². The number of hydrogen-bond acceptors (Lipinski definition) is 8. The zero-order valence-electron chi connectivity index (χ0n) is 14.0. The lowest BCUT2D eigenvalue weighted by Gasteiger charge is -2.08. The first kappa shape index (κ1) is 18.1. The number of aryl methyl sites for hydroxylation is 1. The van der Waals surface area contributed by atoms with Crippen molar-refractivity contribution in [2.24, 2.45) is 0 Å². The molecule has 3 aromatic rings. The molecule has 0 radical (unpaired) electrons. The molecule has 0 bridgehead atoms. The van der Waals surface area contributed by atoms with E-state index in [0.717, 1.165) is 40.7 Å². The van der Waals surface area contributed by atoms with Gasteiger partial charge in [0.05, 0.1) is 10.4 Å². The van der Waals surface area contributed by atoms with E-state index in [4.69, 9.17) is 10.7 Å². The first-order valence-electron chi connectivity index (χ1n) is 8.13. The van der Waals surface area contributed by atoms with Crippen LogP contribution in [-0.2, 0) is 12.2 Å². The highest BCUT2D eigenvalue weighted by molar-refractivity contribution is 7.98. The van der Waals surface area contributed by atoms with Crippen molar-refractivity contribution >= 4 is 38.6 Å². The third-order valence-electron chi connectivity index (χ3n) is 3.56. The number of thioether (sulfide) groups is 1. The molecule has 132 valence electrons. The lowest BCUT2D eigenvalue weighted by atomic mass is 10.2. The van der Waals surface area contributed by atoms with Crippen molar-refractivity contribution < 1.29 is 5.11 Å². The normalized spacial score (nSPS) is 12.6. The maximum absolute atomic E-state index is 9.28. The molecule has 2 heterocycles. The fourth-order valence-electron chi connectivity index (χ4n) is 2.40. The van der Waals surface area contributed by atoms with E-state index in [2.05, 4.69) is 27.4 Å². The Labute approximate surface area is 154 Å². The molecule has 0 spiro atoms. The number of nitrogens with zero attached hydrogens (tertiary/aromatic N) is 3. The summed E-state index contributed by atoms with van der Waals surface area (Å²) in [7, 11) is 0. The van der Waals surface area contributed by atoms with E-state index in [1.165, 1.54) is 16.9 Å². The number of aliphatic hydroxyl groups is 1. The second-order valence-electron chi connectivity index (χ2n) is 5.67. The molecule has 0 amide bonds. The molecule has 0 aliphatic carbocycles. The van der Waals surface area contributed by atoms with Crippen LogP contribution in [0.15, 0.2) is 35.5 Å². The van der Waals surface area contributed by atoms with E-state index >= 15 is 0 Å². The number of aliphatic hydroxyl groups excluding tert-OH is 1. The largest absolute Gasteiger partial charge is 0.379 e. The summed E-state index contributed by atoms with van der Waals surface area (Å²) in [5, 5.41) is 13.5. The van der Waals surface area contributed by atoms with Crippen molar-refractivity contribution in [2.75, 3.05) is 12.3 Å². The molecule has 3 rings (SSSR count). The number of anilines is 1. The van der Waals surface area contributed by atoms with Crippen LogP contribution in [0.1, 0.15) is 24.6 Å². The van der Waals surface area contributed by atoms with Crippen LogP contribution >= 0.6 is 23.1 Å². The minimum Gasteiger partial charge on any atom is -0.379 e. The fourth-order valence-corrected chi connectivity index (χ4v) is 4.00. The molecule has 0 fully saturated rings. The lowest BCUT2D eigenvalue weighted by molar-refractivity contribution is 0.156. The molecule has 1 atom stereocenters. The molecule has 1 aromatic carbocycles. The summed E-state index contributed by atoms with van der Waals surface area (Å²) >= 11 is 3.03. The van der Waals surface area contributed by atoms with E-state index in [1.54, 1.807) is 18.7 Å². The molecule has 0 aliphatic heterocycles. The van der Waals surface area contributed by atoms with Crippen LogP contribution in [0.4, 0.5) is 5.13 Å². The van der Waals surface area contributed by atoms with Gasteiger partial charge in [-0.2, -0.15) is 0 Å². The van der Waals surface area contributed by atoms with Crippen molar-refractivity contribution in [3.63, 3.8) is 0 Å². The summed E-state index contributed by atoms with van der Waals surface area (Å²) in [6.45, 7) is 2.44. The molecule has 4 N–H and O–H groups in total. The Kier molecular flexibility index (Phi) is 6.19. The maximum atomic E-state index is 9.28. The number of nitrogens with one attached hydrogen (secondary N) is 1. The molecule has 1 unspecified atom stereocenters. The van der Waals surface area contributed by atoms with Crippen LogP contribution in [0.2, 0.25) is 0 Å². The topological polar surface area (TPSA) is 97.0 Å². The zero-order valence-corrected chi connectivity index (χ0v) is 15.6. The molecule has 6 nitrogen and oxygen atoms in total. The standard InChI is InChI=1S/C17H21N5OS2/c1-11(23)19-9-5-8-13-14-15(21-16(18)25-14)22-17(20-13)24-10-12-6-3-2-4-7-12/h2-4,6-7,11,19,23H,5,8-10H2,1H3,(H2,18,20,21,22). The number of fused-ring (bicyclic) bond motifs is 1. The van der Waals surface area contributed by atoms with Gasteiger partial charge >= 0.3 is 0 Å². The Morgan fingerprint density at radius 1 is 1.24 bits per heavy atom. The number of benzene rings is 1. The molecule has 2 aromatic heterocycles. The monoisotopic (exact) mass is 375 g/mol. The van der Waals surface area contributed by atoms with Gasteiger partial charge in [-0.1, -0.05) is 53.4 Å². The summed E-state index contributed by atoms with van der Waals surface area (Å²) in [5.41, 5.74) is 8.74. The fraction of sp³-hybridized carbons (Fsp3) is 0.353. The lowest BCUT2D eigenvalue weighted by Crippen LogP contribution is -2.26. The van der Waals surface area contributed by atoms with Crippen molar-refractivity contribution in [1.29, 1.82) is 0 Å². The SMILES string of the molecule is CC(O)NCCCc1nc(SCc2ccccc2)nc2nc(N)sc12. The summed E-state index contributed by atoms with van der Waals surface area (Å²) in [4.78, 5) is 13.6. The van der Waals surface area contributed by atoms with Crippen LogP contribution in [0, 0.1) is 0 Å². The average molecular weight is 376 g/mol. The number of nitrogens with two attached hydrogens (primary N) is 1. The van der Waals surface area contributed by atoms with Crippen LogP contribution in [0.3, 0.4) is 0 Å². The predicted octanol–water partition coefficient (Wildman–Crippen LogP) is 2.82. The van der Waals surface area contributed by atoms with Crippen LogP contribution in [0.25, 0.3) is 10.3 Å². The second-order valence-corrected chi connectivity index (χ2v) is 7.64. The van der Waals surface area contributed by atoms with Gasteiger partial charge in [0.2, 0.25) is 0 Å². The van der Waals surface area contributed by atoms with E-state index in [0.29, 0.717) is 10.8 Å². The minimum absolute atomic E-state index is 0.499. The number of nitrogen functional groups attached to an aromatic ring is 1. The van der Waals surface area contributed by atoms with Gasteiger partial charge in [0.25, 0.3) is 0 Å². The van der Waals surface area contributed by atoms with E-state index in [1.807, 2.05) is 18.2 Å². The highest BCUT2D eigenvalue weighted by Crippen LogP contribution is 2.29. The van der Waals surface area contributed by atoms with Gasteiger partial charge in [-0.15, -0.1) is 0 Å². The molecule has 0 saturated heterocycles. The van der Waals surface area contributed by atoms with Crippen LogP contribution in [-0.4, -0.2) is 32.8 Å². The first-order chi connectivity index (χ1) is 12.1. The van der Waals surface area contributed by atoms with Gasteiger partial charge in [0, 0.05) is 5.75 Å². The number of hydrogen-bond donors (Lipinski definition) is 3. The third-order valence-corrected chi connectivity index (χ3v) is 5.40.